The predicted molar refractivity (Wildman–Crippen MR) is 47.5 cm³/mol. The van der Waals surface area contributed by atoms with Crippen LogP contribution in [0.4, 0.5) is 0 Å². The number of aryl methyl sites for hydroxylation is 1. The third-order valence-electron chi connectivity index (χ3n) is 2.86. The Morgan fingerprint density at radius 1 is 1.46 bits per heavy atom. The van der Waals surface area contributed by atoms with Crippen molar-refractivity contribution < 1.29 is 4.79 Å². The van der Waals surface area contributed by atoms with Gasteiger partial charge in [0.15, 0.2) is 0 Å². The van der Waals surface area contributed by atoms with Gasteiger partial charge >= 0.3 is 0 Å². The van der Waals surface area contributed by atoms with Crippen LogP contribution in [0.25, 0.3) is 0 Å². The molecule has 0 amide bonds. The maximum Gasteiger partial charge on any atom is 0.142 e. The standard InChI is InChI=1S/C10H12N2O/c13-8-3-4-12-6-9(7-1-2-7)11-10(12)5-8/h6-7H,1-5H2. The number of carbonyl (C=O) groups is 1. The highest BCUT2D eigenvalue weighted by Crippen LogP contribution is 2.39. The van der Waals surface area contributed by atoms with Gasteiger partial charge in [-0.2, -0.15) is 0 Å². The SMILES string of the molecule is O=C1CCn2cc(C3CC3)nc2C1. The Labute approximate surface area is 76.8 Å². The lowest BCUT2D eigenvalue weighted by atomic mass is 10.1. The number of rotatable bonds is 1. The second kappa shape index (κ2) is 2.44. The molecule has 1 aromatic heterocycles. The van der Waals surface area contributed by atoms with E-state index < -0.39 is 0 Å². The number of aromatic nitrogens is 2. The van der Waals surface area contributed by atoms with Crippen LogP contribution in [-0.2, 0) is 17.8 Å². The van der Waals surface area contributed by atoms with Crippen molar-refractivity contribution in [2.75, 3.05) is 0 Å². The average molecular weight is 176 g/mol. The summed E-state index contributed by atoms with van der Waals surface area (Å²) in [5, 5.41) is 0. The van der Waals surface area contributed by atoms with Crippen molar-refractivity contribution >= 4 is 5.78 Å². The lowest BCUT2D eigenvalue weighted by Crippen LogP contribution is -2.18. The average Bonchev–Trinajstić information content (AvgIpc) is 2.87. The molecule has 13 heavy (non-hydrogen) atoms. The summed E-state index contributed by atoms with van der Waals surface area (Å²) in [6.07, 6.45) is 5.94. The number of carbonyl (C=O) groups excluding carboxylic acids is 1. The Hall–Kier alpha value is -1.12. The predicted octanol–water partition coefficient (Wildman–Crippen LogP) is 1.28. The molecule has 68 valence electrons. The van der Waals surface area contributed by atoms with E-state index in [1.165, 1.54) is 18.5 Å². The first kappa shape index (κ1) is 7.30. The molecule has 0 saturated heterocycles. The molecular weight excluding hydrogens is 164 g/mol. The Morgan fingerprint density at radius 2 is 2.31 bits per heavy atom. The van der Waals surface area contributed by atoms with Gasteiger partial charge in [0, 0.05) is 25.1 Å². The minimum atomic E-state index is 0.334. The minimum absolute atomic E-state index is 0.334. The molecule has 0 aromatic carbocycles. The molecular formula is C10H12N2O. The zero-order chi connectivity index (χ0) is 8.84. The molecule has 0 bridgehead atoms. The molecule has 0 atom stereocenters. The number of Topliss-reactive ketones (excluding diaryl/α,β-unsaturated/α-hetero) is 1. The summed E-state index contributed by atoms with van der Waals surface area (Å²) in [5.41, 5.74) is 1.21. The van der Waals surface area contributed by atoms with Gasteiger partial charge in [0.05, 0.1) is 12.1 Å². The number of fused-ring (bicyclic) bond motifs is 1. The topological polar surface area (TPSA) is 34.9 Å². The zero-order valence-corrected chi connectivity index (χ0v) is 7.49. The highest BCUT2D eigenvalue weighted by atomic mass is 16.1. The van der Waals surface area contributed by atoms with Crippen molar-refractivity contribution in [1.29, 1.82) is 0 Å². The molecule has 0 N–H and O–H groups in total. The third kappa shape index (κ3) is 1.19. The second-order valence-corrected chi connectivity index (χ2v) is 4.02. The summed E-state index contributed by atoms with van der Waals surface area (Å²) in [4.78, 5) is 15.7. The molecule has 1 aliphatic carbocycles. The first-order valence-corrected chi connectivity index (χ1v) is 4.90. The van der Waals surface area contributed by atoms with Crippen molar-refractivity contribution in [2.45, 2.75) is 38.1 Å². The van der Waals surface area contributed by atoms with Crippen LogP contribution in [0.2, 0.25) is 0 Å². The van der Waals surface area contributed by atoms with Crippen LogP contribution < -0.4 is 0 Å². The molecule has 1 saturated carbocycles. The van der Waals surface area contributed by atoms with Gasteiger partial charge in [0.2, 0.25) is 0 Å². The van der Waals surface area contributed by atoms with Gasteiger partial charge in [0.1, 0.15) is 11.6 Å². The summed E-state index contributed by atoms with van der Waals surface area (Å²) < 4.78 is 2.15. The molecule has 0 unspecified atom stereocenters. The van der Waals surface area contributed by atoms with E-state index >= 15 is 0 Å². The monoisotopic (exact) mass is 176 g/mol. The first-order valence-electron chi connectivity index (χ1n) is 4.90. The van der Waals surface area contributed by atoms with Gasteiger partial charge in [-0.3, -0.25) is 4.79 Å². The van der Waals surface area contributed by atoms with E-state index in [2.05, 4.69) is 15.7 Å². The molecule has 2 aliphatic rings. The summed E-state index contributed by atoms with van der Waals surface area (Å²) in [7, 11) is 0. The molecule has 1 fully saturated rings. The van der Waals surface area contributed by atoms with Gasteiger partial charge in [0.25, 0.3) is 0 Å². The van der Waals surface area contributed by atoms with Crippen LogP contribution >= 0.6 is 0 Å². The van der Waals surface area contributed by atoms with Crippen LogP contribution in [0.5, 0.6) is 0 Å². The summed E-state index contributed by atoms with van der Waals surface area (Å²) >= 11 is 0. The van der Waals surface area contributed by atoms with Gasteiger partial charge in [-0.05, 0) is 12.8 Å². The fraction of sp³-hybridized carbons (Fsp3) is 0.600. The van der Waals surface area contributed by atoms with Gasteiger partial charge in [-0.1, -0.05) is 0 Å². The van der Waals surface area contributed by atoms with Gasteiger partial charge in [-0.15, -0.1) is 0 Å². The Balaban J connectivity index is 1.97. The normalized spacial score (nSPS) is 21.7. The second-order valence-electron chi connectivity index (χ2n) is 4.02. The van der Waals surface area contributed by atoms with Crippen LogP contribution in [0.1, 0.15) is 36.7 Å². The maximum atomic E-state index is 11.2. The largest absolute Gasteiger partial charge is 0.334 e. The van der Waals surface area contributed by atoms with E-state index in [0.717, 1.165) is 12.4 Å². The van der Waals surface area contributed by atoms with Crippen LogP contribution in [0.15, 0.2) is 6.20 Å². The lowest BCUT2D eigenvalue weighted by Gasteiger charge is -2.11. The number of nitrogens with zero attached hydrogens (tertiary/aromatic N) is 2. The molecule has 1 aliphatic heterocycles. The fourth-order valence-electron chi connectivity index (χ4n) is 1.90. The van der Waals surface area contributed by atoms with E-state index in [9.17, 15) is 4.79 Å². The molecule has 3 nitrogen and oxygen atoms in total. The number of imidazole rings is 1. The molecule has 2 heterocycles. The number of ketones is 1. The van der Waals surface area contributed by atoms with E-state index in [-0.39, 0.29) is 0 Å². The van der Waals surface area contributed by atoms with Crippen LogP contribution in [0, 0.1) is 0 Å². The van der Waals surface area contributed by atoms with Crippen molar-refractivity contribution in [3.05, 3.63) is 17.7 Å². The molecule has 0 spiro atoms. The Morgan fingerprint density at radius 3 is 3.08 bits per heavy atom. The summed E-state index contributed by atoms with van der Waals surface area (Å²) in [6.45, 7) is 0.841. The first-order chi connectivity index (χ1) is 6.33. The number of hydrogen-bond acceptors (Lipinski definition) is 2. The van der Waals surface area contributed by atoms with Crippen molar-refractivity contribution in [2.24, 2.45) is 0 Å². The highest BCUT2D eigenvalue weighted by molar-refractivity contribution is 5.81. The van der Waals surface area contributed by atoms with Crippen LogP contribution in [-0.4, -0.2) is 15.3 Å². The zero-order valence-electron chi connectivity index (χ0n) is 7.49. The minimum Gasteiger partial charge on any atom is -0.334 e. The summed E-state index contributed by atoms with van der Waals surface area (Å²) in [5.74, 6) is 2.02. The van der Waals surface area contributed by atoms with Crippen LogP contribution in [0.3, 0.4) is 0 Å². The van der Waals surface area contributed by atoms with E-state index in [0.29, 0.717) is 24.5 Å². The molecule has 3 rings (SSSR count). The number of hydrogen-bond donors (Lipinski definition) is 0. The fourth-order valence-corrected chi connectivity index (χ4v) is 1.90. The van der Waals surface area contributed by atoms with E-state index in [4.69, 9.17) is 0 Å². The Bertz CT molecular complexity index is 363. The van der Waals surface area contributed by atoms with Gasteiger partial charge < -0.3 is 4.57 Å². The van der Waals surface area contributed by atoms with Crippen molar-refractivity contribution in [3.63, 3.8) is 0 Å². The van der Waals surface area contributed by atoms with E-state index in [1.807, 2.05) is 0 Å². The molecule has 1 aromatic rings. The van der Waals surface area contributed by atoms with Crippen molar-refractivity contribution in [3.8, 4) is 0 Å². The molecule has 0 radical (unpaired) electrons. The Kier molecular flexibility index (Phi) is 1.37. The lowest BCUT2D eigenvalue weighted by molar-refractivity contribution is -0.119. The van der Waals surface area contributed by atoms with E-state index in [1.54, 1.807) is 0 Å². The smallest absolute Gasteiger partial charge is 0.142 e. The third-order valence-corrected chi connectivity index (χ3v) is 2.86. The highest BCUT2D eigenvalue weighted by Gasteiger charge is 2.28. The summed E-state index contributed by atoms with van der Waals surface area (Å²) in [6, 6.07) is 0. The van der Waals surface area contributed by atoms with Gasteiger partial charge in [-0.25, -0.2) is 4.98 Å². The quantitative estimate of drug-likeness (QED) is 0.646. The molecule has 3 heteroatoms. The van der Waals surface area contributed by atoms with Crippen molar-refractivity contribution in [1.82, 2.24) is 9.55 Å². The maximum absolute atomic E-state index is 11.2.